The Labute approximate surface area is 210 Å². The Kier molecular flexibility index (Phi) is 6.70. The van der Waals surface area contributed by atoms with E-state index in [1.165, 1.54) is 0 Å². The number of pyridine rings is 2. The second kappa shape index (κ2) is 10.2. The van der Waals surface area contributed by atoms with Crippen LogP contribution in [0.15, 0.2) is 82.3 Å². The number of hydrogen-bond donors (Lipinski definition) is 2. The van der Waals surface area contributed by atoms with Gasteiger partial charge in [0.1, 0.15) is 5.71 Å². The van der Waals surface area contributed by atoms with Crippen molar-refractivity contribution >= 4 is 61.0 Å². The minimum Gasteiger partial charge on any atom is -0.365 e. The maximum atomic E-state index is 13.0. The van der Waals surface area contributed by atoms with Crippen molar-refractivity contribution in [3.8, 4) is 0 Å². The van der Waals surface area contributed by atoms with Gasteiger partial charge in [0.2, 0.25) is 0 Å². The van der Waals surface area contributed by atoms with E-state index >= 15 is 0 Å². The van der Waals surface area contributed by atoms with E-state index in [0.717, 1.165) is 35.0 Å². The molecule has 2 aromatic heterocycles. The number of aromatic nitrogens is 2. The summed E-state index contributed by atoms with van der Waals surface area (Å²) in [6.07, 6.45) is 10.0. The molecule has 1 fully saturated rings. The molecule has 0 bridgehead atoms. The molecule has 9 heteroatoms. The third-order valence-electron chi connectivity index (χ3n) is 5.64. The summed E-state index contributed by atoms with van der Waals surface area (Å²) in [6.45, 7) is 0. The van der Waals surface area contributed by atoms with Crippen LogP contribution in [0, 0.1) is 0 Å². The lowest BCUT2D eigenvalue weighted by atomic mass is 9.92. The highest BCUT2D eigenvalue weighted by Gasteiger charge is 2.24. The molecular formula is C25H22IN7O. The summed E-state index contributed by atoms with van der Waals surface area (Å²) in [5.41, 5.74) is 4.70. The zero-order chi connectivity index (χ0) is 23.3. The van der Waals surface area contributed by atoms with Gasteiger partial charge in [0.15, 0.2) is 5.84 Å². The van der Waals surface area contributed by atoms with Crippen LogP contribution in [-0.4, -0.2) is 37.7 Å². The van der Waals surface area contributed by atoms with E-state index in [9.17, 15) is 4.79 Å². The average Bonchev–Trinajstić information content (AvgIpc) is 3.70. The van der Waals surface area contributed by atoms with Gasteiger partial charge in [-0.05, 0) is 71.3 Å². The topological polar surface area (TPSA) is 104 Å². The van der Waals surface area contributed by atoms with Crippen LogP contribution < -0.4 is 10.6 Å². The number of carbonyl (C=O) groups is 1. The van der Waals surface area contributed by atoms with Crippen molar-refractivity contribution < 1.29 is 4.79 Å². The monoisotopic (exact) mass is 563 g/mol. The summed E-state index contributed by atoms with van der Waals surface area (Å²) in [6, 6.07) is 13.8. The first-order chi connectivity index (χ1) is 16.7. The number of carbonyl (C=O) groups excluding carboxylic acids is 1. The van der Waals surface area contributed by atoms with E-state index in [2.05, 4.69) is 35.8 Å². The van der Waals surface area contributed by atoms with Crippen molar-refractivity contribution in [2.45, 2.75) is 31.2 Å². The van der Waals surface area contributed by atoms with Gasteiger partial charge in [-0.1, -0.05) is 18.2 Å². The molecule has 5 rings (SSSR count). The van der Waals surface area contributed by atoms with Crippen molar-refractivity contribution in [2.24, 2.45) is 15.2 Å². The number of nitrogens with one attached hydrogen (secondary N) is 2. The Morgan fingerprint density at radius 1 is 1.12 bits per heavy atom. The molecule has 1 amide bonds. The van der Waals surface area contributed by atoms with Gasteiger partial charge >= 0.3 is 0 Å². The van der Waals surface area contributed by atoms with Gasteiger partial charge in [-0.2, -0.15) is 5.10 Å². The number of anilines is 1. The van der Waals surface area contributed by atoms with Crippen molar-refractivity contribution in [1.29, 1.82) is 0 Å². The Morgan fingerprint density at radius 3 is 2.88 bits per heavy atom. The smallest absolute Gasteiger partial charge is 0.270 e. The number of aliphatic imine (C=N–C) groups is 1. The molecule has 2 N–H and O–H groups in total. The van der Waals surface area contributed by atoms with Crippen molar-refractivity contribution in [2.75, 3.05) is 5.32 Å². The zero-order valence-corrected chi connectivity index (χ0v) is 20.4. The molecule has 1 aromatic carbocycles. The number of rotatable bonds is 6. The van der Waals surface area contributed by atoms with Gasteiger partial charge < -0.3 is 10.6 Å². The van der Waals surface area contributed by atoms with E-state index in [-0.39, 0.29) is 11.8 Å². The number of fused-ring (bicyclic) bond motifs is 1. The highest BCUT2D eigenvalue weighted by molar-refractivity contribution is 14.1. The van der Waals surface area contributed by atoms with Gasteiger partial charge in [0.05, 0.1) is 15.3 Å². The lowest BCUT2D eigenvalue weighted by Gasteiger charge is -2.18. The standard InChI is InChI=1S/C25H22IN7O/c26-15-30-33-24(31-19-6-7-19)17-3-1-4-20(11-17)32-25(34)23-12-16(8-10-28-23)18-13-22-21(29-14-18)5-2-9-27-22/h1-5,8-11,13-16,19H,6-7,12H2,(H,31,33)(H,32,34)/b30-15-. The van der Waals surface area contributed by atoms with Crippen LogP contribution in [0.1, 0.15) is 36.3 Å². The molecule has 1 aliphatic carbocycles. The number of amides is 1. The van der Waals surface area contributed by atoms with Gasteiger partial charge in [-0.3, -0.25) is 19.8 Å². The SMILES string of the molecule is O=C(Nc1cccc(/C(=N/N=C\I)NC2CC2)c1)C1=NC=CC(c2cnc3cccnc3c2)C1. The van der Waals surface area contributed by atoms with Crippen LogP contribution in [0.4, 0.5) is 5.69 Å². The van der Waals surface area contributed by atoms with E-state index in [4.69, 9.17) is 0 Å². The molecule has 3 aromatic rings. The van der Waals surface area contributed by atoms with Crippen LogP contribution in [0.5, 0.6) is 0 Å². The van der Waals surface area contributed by atoms with Crippen LogP contribution in [0.2, 0.25) is 0 Å². The summed E-state index contributed by atoms with van der Waals surface area (Å²) >= 11 is 2.04. The normalized spacial score (nSPS) is 18.2. The summed E-state index contributed by atoms with van der Waals surface area (Å²) < 4.78 is 1.62. The maximum Gasteiger partial charge on any atom is 0.270 e. The quantitative estimate of drug-likeness (QED) is 0.198. The Morgan fingerprint density at radius 2 is 2.03 bits per heavy atom. The lowest BCUT2D eigenvalue weighted by molar-refractivity contribution is -0.110. The fraction of sp³-hybridized carbons (Fsp3) is 0.200. The number of benzene rings is 1. The first-order valence-corrected chi connectivity index (χ1v) is 12.3. The van der Waals surface area contributed by atoms with E-state index in [1.807, 2.05) is 77.3 Å². The van der Waals surface area contributed by atoms with Gasteiger partial charge in [0.25, 0.3) is 5.91 Å². The van der Waals surface area contributed by atoms with Crippen molar-refractivity contribution in [3.05, 3.63) is 78.3 Å². The number of halogens is 1. The van der Waals surface area contributed by atoms with Crippen LogP contribution in [0.25, 0.3) is 11.0 Å². The van der Waals surface area contributed by atoms with Gasteiger partial charge in [-0.15, -0.1) is 5.10 Å². The molecule has 8 nitrogen and oxygen atoms in total. The Bertz CT molecular complexity index is 1340. The van der Waals surface area contributed by atoms with E-state index < -0.39 is 0 Å². The van der Waals surface area contributed by atoms with E-state index in [1.54, 1.807) is 16.6 Å². The third kappa shape index (κ3) is 5.36. The predicted molar refractivity (Wildman–Crippen MR) is 144 cm³/mol. The summed E-state index contributed by atoms with van der Waals surface area (Å²) in [7, 11) is 0. The van der Waals surface area contributed by atoms with Gasteiger partial charge in [-0.25, -0.2) is 0 Å². The van der Waals surface area contributed by atoms with Crippen LogP contribution in [-0.2, 0) is 4.79 Å². The molecule has 1 saturated carbocycles. The average molecular weight is 563 g/mol. The molecule has 3 heterocycles. The first-order valence-electron chi connectivity index (χ1n) is 11.0. The van der Waals surface area contributed by atoms with Crippen LogP contribution in [0.3, 0.4) is 0 Å². The third-order valence-corrected chi connectivity index (χ3v) is 5.89. The highest BCUT2D eigenvalue weighted by Crippen LogP contribution is 2.27. The second-order valence-electron chi connectivity index (χ2n) is 8.15. The number of amidine groups is 1. The largest absolute Gasteiger partial charge is 0.365 e. The zero-order valence-electron chi connectivity index (χ0n) is 18.2. The van der Waals surface area contributed by atoms with Gasteiger partial charge in [0, 0.05) is 48.2 Å². The molecule has 1 unspecified atom stereocenters. The highest BCUT2D eigenvalue weighted by atomic mass is 127. The minimum atomic E-state index is -0.225. The second-order valence-corrected chi connectivity index (χ2v) is 8.71. The number of allylic oxidation sites excluding steroid dienone is 1. The van der Waals surface area contributed by atoms with Crippen LogP contribution >= 0.6 is 22.6 Å². The maximum absolute atomic E-state index is 13.0. The summed E-state index contributed by atoms with van der Waals surface area (Å²) in [4.78, 5) is 26.3. The Balaban J connectivity index is 1.29. The molecule has 0 radical (unpaired) electrons. The summed E-state index contributed by atoms with van der Waals surface area (Å²) in [5.74, 6) is 0.482. The fourth-order valence-electron chi connectivity index (χ4n) is 3.74. The molecule has 34 heavy (non-hydrogen) atoms. The molecule has 2 aliphatic rings. The van der Waals surface area contributed by atoms with E-state index in [0.29, 0.717) is 29.7 Å². The van der Waals surface area contributed by atoms with Crippen molar-refractivity contribution in [1.82, 2.24) is 15.3 Å². The fourth-order valence-corrected chi connectivity index (χ4v) is 3.86. The predicted octanol–water partition coefficient (Wildman–Crippen LogP) is 4.59. The summed E-state index contributed by atoms with van der Waals surface area (Å²) in [5, 5.41) is 14.7. The lowest BCUT2D eigenvalue weighted by Crippen LogP contribution is -2.27. The molecule has 1 atom stereocenters. The molecule has 170 valence electrons. The first kappa shape index (κ1) is 22.3. The number of nitrogens with zero attached hydrogens (tertiary/aromatic N) is 5. The molecule has 0 saturated heterocycles. The van der Waals surface area contributed by atoms with Crippen molar-refractivity contribution in [3.63, 3.8) is 0 Å². The number of hydrogen-bond acceptors (Lipinski definition) is 6. The molecule has 1 aliphatic heterocycles. The molecule has 0 spiro atoms. The Hall–Kier alpha value is -3.47. The molecular weight excluding hydrogens is 541 g/mol. The minimum absolute atomic E-state index is 0.0103.